The van der Waals surface area contributed by atoms with Crippen LogP contribution in [0.4, 0.5) is 5.13 Å². The number of aromatic nitrogens is 4. The van der Waals surface area contributed by atoms with Crippen LogP contribution < -0.4 is 5.32 Å². The predicted octanol–water partition coefficient (Wildman–Crippen LogP) is 2.40. The molecule has 0 saturated carbocycles. The smallest absolute Gasteiger partial charge is 0.279 e. The fraction of sp³-hybridized carbons (Fsp3) is 0.154. The van der Waals surface area contributed by atoms with Crippen LogP contribution in [0, 0.1) is 0 Å². The molecule has 7 nitrogen and oxygen atoms in total. The minimum atomic E-state index is -0.382. The first kappa shape index (κ1) is 13.4. The highest BCUT2D eigenvalue weighted by Crippen LogP contribution is 2.20. The molecule has 1 N–H and O–H groups in total. The van der Waals surface area contributed by atoms with E-state index in [2.05, 4.69) is 25.7 Å². The van der Waals surface area contributed by atoms with E-state index < -0.39 is 0 Å². The Morgan fingerprint density at radius 3 is 3.05 bits per heavy atom. The second-order valence-corrected chi connectivity index (χ2v) is 5.19. The number of hydrogen-bond donors (Lipinski definition) is 1. The van der Waals surface area contributed by atoms with E-state index in [-0.39, 0.29) is 11.6 Å². The Morgan fingerprint density at radius 1 is 1.43 bits per heavy atom. The molecule has 21 heavy (non-hydrogen) atoms. The first-order chi connectivity index (χ1) is 10.3. The summed E-state index contributed by atoms with van der Waals surface area (Å²) < 4.78 is 5.15. The molecular formula is C13H11N5O2S. The monoisotopic (exact) mass is 301 g/mol. The highest BCUT2D eigenvalue weighted by molar-refractivity contribution is 7.15. The molecule has 0 aliphatic heterocycles. The van der Waals surface area contributed by atoms with Crippen molar-refractivity contribution in [3.8, 4) is 11.3 Å². The lowest BCUT2D eigenvalue weighted by Gasteiger charge is -1.94. The Labute approximate surface area is 124 Å². The maximum absolute atomic E-state index is 12.0. The van der Waals surface area contributed by atoms with E-state index in [1.807, 2.05) is 13.0 Å². The fourth-order valence-electron chi connectivity index (χ4n) is 1.63. The topological polar surface area (TPSA) is 93.8 Å². The van der Waals surface area contributed by atoms with Gasteiger partial charge in [-0.15, -0.1) is 10.2 Å². The number of pyridine rings is 1. The summed E-state index contributed by atoms with van der Waals surface area (Å²) in [5.41, 5.74) is 0.940. The summed E-state index contributed by atoms with van der Waals surface area (Å²) in [5, 5.41) is 15.5. The molecule has 0 aliphatic carbocycles. The van der Waals surface area contributed by atoms with Crippen molar-refractivity contribution in [1.82, 2.24) is 20.3 Å². The second kappa shape index (κ2) is 5.80. The van der Waals surface area contributed by atoms with Gasteiger partial charge in [0.2, 0.25) is 5.13 Å². The Bertz CT molecular complexity index is 753. The molecule has 0 aliphatic rings. The van der Waals surface area contributed by atoms with Gasteiger partial charge in [0.1, 0.15) is 5.01 Å². The van der Waals surface area contributed by atoms with E-state index in [0.717, 1.165) is 17.0 Å². The van der Waals surface area contributed by atoms with E-state index in [1.54, 1.807) is 24.5 Å². The standard InChI is InChI=1S/C13H11N5O2S/c1-2-11-16-17-13(21-11)15-12(19)9-6-10(20-18-9)8-4-3-5-14-7-8/h3-7H,2H2,1H3,(H,15,17,19). The van der Waals surface area contributed by atoms with Crippen LogP contribution in [-0.4, -0.2) is 26.2 Å². The average molecular weight is 301 g/mol. The molecule has 1 amide bonds. The van der Waals surface area contributed by atoms with Gasteiger partial charge in [0.25, 0.3) is 5.91 Å². The summed E-state index contributed by atoms with van der Waals surface area (Å²) in [6, 6.07) is 5.17. The van der Waals surface area contributed by atoms with Gasteiger partial charge in [-0.2, -0.15) is 0 Å². The summed E-state index contributed by atoms with van der Waals surface area (Å²) in [7, 11) is 0. The van der Waals surface area contributed by atoms with E-state index in [0.29, 0.717) is 10.9 Å². The first-order valence-electron chi connectivity index (χ1n) is 6.27. The van der Waals surface area contributed by atoms with Gasteiger partial charge in [0.15, 0.2) is 11.5 Å². The molecule has 3 heterocycles. The SMILES string of the molecule is CCc1nnc(NC(=O)c2cc(-c3cccnc3)on2)s1. The molecule has 3 aromatic heterocycles. The van der Waals surface area contributed by atoms with Gasteiger partial charge in [0, 0.05) is 24.0 Å². The van der Waals surface area contributed by atoms with Crippen LogP contribution in [0.5, 0.6) is 0 Å². The lowest BCUT2D eigenvalue weighted by Crippen LogP contribution is -2.11. The summed E-state index contributed by atoms with van der Waals surface area (Å²) in [6.07, 6.45) is 4.08. The zero-order valence-corrected chi connectivity index (χ0v) is 11.9. The number of anilines is 1. The van der Waals surface area contributed by atoms with Gasteiger partial charge in [-0.1, -0.05) is 23.4 Å². The normalized spacial score (nSPS) is 10.5. The average Bonchev–Trinajstić information content (AvgIpc) is 3.17. The van der Waals surface area contributed by atoms with Gasteiger partial charge in [-0.3, -0.25) is 15.1 Å². The van der Waals surface area contributed by atoms with Crippen LogP contribution in [0.3, 0.4) is 0 Å². The van der Waals surface area contributed by atoms with Gasteiger partial charge in [-0.25, -0.2) is 0 Å². The maximum Gasteiger partial charge on any atom is 0.279 e. The largest absolute Gasteiger partial charge is 0.355 e. The highest BCUT2D eigenvalue weighted by Gasteiger charge is 2.15. The molecule has 0 saturated heterocycles. The molecule has 0 spiro atoms. The summed E-state index contributed by atoms with van der Waals surface area (Å²) in [4.78, 5) is 16.0. The molecule has 3 aromatic rings. The van der Waals surface area contributed by atoms with Crippen molar-refractivity contribution in [1.29, 1.82) is 0 Å². The van der Waals surface area contributed by atoms with Crippen molar-refractivity contribution in [3.05, 3.63) is 41.3 Å². The quantitative estimate of drug-likeness (QED) is 0.795. The Kier molecular flexibility index (Phi) is 3.69. The Hall–Kier alpha value is -2.61. The second-order valence-electron chi connectivity index (χ2n) is 4.13. The Balaban J connectivity index is 1.75. The fourth-order valence-corrected chi connectivity index (χ4v) is 2.31. The van der Waals surface area contributed by atoms with Gasteiger partial charge in [-0.05, 0) is 18.6 Å². The third kappa shape index (κ3) is 2.95. The maximum atomic E-state index is 12.0. The molecule has 8 heteroatoms. The predicted molar refractivity (Wildman–Crippen MR) is 77.0 cm³/mol. The zero-order valence-electron chi connectivity index (χ0n) is 11.1. The number of hydrogen-bond acceptors (Lipinski definition) is 7. The molecular weight excluding hydrogens is 290 g/mol. The zero-order chi connectivity index (χ0) is 14.7. The first-order valence-corrected chi connectivity index (χ1v) is 7.08. The lowest BCUT2D eigenvalue weighted by atomic mass is 10.2. The van der Waals surface area contributed by atoms with E-state index in [9.17, 15) is 4.79 Å². The third-order valence-corrected chi connectivity index (χ3v) is 3.66. The van der Waals surface area contributed by atoms with E-state index in [1.165, 1.54) is 11.3 Å². The van der Waals surface area contributed by atoms with Crippen LogP contribution in [0.25, 0.3) is 11.3 Å². The van der Waals surface area contributed by atoms with Crippen molar-refractivity contribution in [3.63, 3.8) is 0 Å². The summed E-state index contributed by atoms with van der Waals surface area (Å²) >= 11 is 1.34. The van der Waals surface area contributed by atoms with Crippen LogP contribution in [0.2, 0.25) is 0 Å². The molecule has 0 aromatic carbocycles. The molecule has 3 rings (SSSR count). The number of nitrogens with zero attached hydrogens (tertiary/aromatic N) is 4. The molecule has 0 unspecified atom stereocenters. The summed E-state index contributed by atoms with van der Waals surface area (Å²) in [6.45, 7) is 1.98. The Morgan fingerprint density at radius 2 is 2.33 bits per heavy atom. The minimum Gasteiger partial charge on any atom is -0.355 e. The number of carbonyl (C=O) groups excluding carboxylic acids is 1. The van der Waals surface area contributed by atoms with Crippen molar-refractivity contribution < 1.29 is 9.32 Å². The van der Waals surface area contributed by atoms with Crippen LogP contribution in [-0.2, 0) is 6.42 Å². The van der Waals surface area contributed by atoms with Crippen LogP contribution >= 0.6 is 11.3 Å². The number of aryl methyl sites for hydroxylation is 1. The number of amides is 1. The van der Waals surface area contributed by atoms with Gasteiger partial charge >= 0.3 is 0 Å². The van der Waals surface area contributed by atoms with Gasteiger partial charge < -0.3 is 4.52 Å². The number of rotatable bonds is 4. The minimum absolute atomic E-state index is 0.183. The molecule has 0 bridgehead atoms. The van der Waals surface area contributed by atoms with Crippen molar-refractivity contribution in [2.45, 2.75) is 13.3 Å². The molecule has 0 fully saturated rings. The van der Waals surface area contributed by atoms with Crippen molar-refractivity contribution in [2.24, 2.45) is 0 Å². The molecule has 0 radical (unpaired) electrons. The third-order valence-electron chi connectivity index (χ3n) is 2.68. The number of nitrogens with one attached hydrogen (secondary N) is 1. The number of carbonyl (C=O) groups is 1. The molecule has 106 valence electrons. The van der Waals surface area contributed by atoms with E-state index >= 15 is 0 Å². The van der Waals surface area contributed by atoms with Crippen molar-refractivity contribution >= 4 is 22.4 Å². The van der Waals surface area contributed by atoms with Crippen LogP contribution in [0.15, 0.2) is 35.1 Å². The summed E-state index contributed by atoms with van der Waals surface area (Å²) in [5.74, 6) is 0.104. The molecule has 0 atom stereocenters. The van der Waals surface area contributed by atoms with Crippen LogP contribution in [0.1, 0.15) is 22.4 Å². The van der Waals surface area contributed by atoms with E-state index in [4.69, 9.17) is 4.52 Å². The highest BCUT2D eigenvalue weighted by atomic mass is 32.1. The lowest BCUT2D eigenvalue weighted by molar-refractivity contribution is 0.101. The van der Waals surface area contributed by atoms with Gasteiger partial charge in [0.05, 0.1) is 0 Å². The van der Waals surface area contributed by atoms with Crippen molar-refractivity contribution in [2.75, 3.05) is 5.32 Å².